The minimum Gasteiger partial charge on any atom is -0.497 e. The van der Waals surface area contributed by atoms with Gasteiger partial charge < -0.3 is 14.5 Å². The molecule has 0 saturated carbocycles. The van der Waals surface area contributed by atoms with Crippen molar-refractivity contribution in [3.8, 4) is 5.75 Å². The summed E-state index contributed by atoms with van der Waals surface area (Å²) in [5.41, 5.74) is 3.22. The molecule has 0 radical (unpaired) electrons. The fourth-order valence-electron chi connectivity index (χ4n) is 3.09. The zero-order valence-electron chi connectivity index (χ0n) is 16.0. The van der Waals surface area contributed by atoms with E-state index in [0.29, 0.717) is 23.1 Å². The smallest absolute Gasteiger partial charge is 0.277 e. The largest absolute Gasteiger partial charge is 0.497 e. The molecule has 29 heavy (non-hydrogen) atoms. The van der Waals surface area contributed by atoms with Gasteiger partial charge in [-0.1, -0.05) is 23.9 Å². The second kappa shape index (κ2) is 8.08. The number of rotatable bonds is 7. The van der Waals surface area contributed by atoms with Gasteiger partial charge in [0.2, 0.25) is 11.8 Å². The maximum Gasteiger partial charge on any atom is 0.277 e. The summed E-state index contributed by atoms with van der Waals surface area (Å²) < 4.78 is 10.8. The van der Waals surface area contributed by atoms with Crippen LogP contribution in [0.2, 0.25) is 0 Å². The summed E-state index contributed by atoms with van der Waals surface area (Å²) in [6, 6.07) is 12.9. The van der Waals surface area contributed by atoms with Gasteiger partial charge >= 0.3 is 0 Å². The zero-order chi connectivity index (χ0) is 20.4. The van der Waals surface area contributed by atoms with Crippen LogP contribution in [0.3, 0.4) is 0 Å². The van der Waals surface area contributed by atoms with E-state index in [4.69, 9.17) is 9.15 Å². The Bertz CT molecular complexity index is 1060. The Labute approximate surface area is 171 Å². The van der Waals surface area contributed by atoms with Crippen molar-refractivity contribution in [3.05, 3.63) is 65.0 Å². The van der Waals surface area contributed by atoms with Crippen molar-refractivity contribution < 1.29 is 18.7 Å². The summed E-state index contributed by atoms with van der Waals surface area (Å²) in [6.45, 7) is 1.83. The van der Waals surface area contributed by atoms with Crippen LogP contribution < -0.4 is 10.1 Å². The van der Waals surface area contributed by atoms with Gasteiger partial charge in [-0.3, -0.25) is 9.59 Å². The molecule has 1 aliphatic heterocycles. The molecule has 0 fully saturated rings. The van der Waals surface area contributed by atoms with Crippen LogP contribution in [-0.2, 0) is 11.2 Å². The average Bonchev–Trinajstić information content (AvgIpc) is 3.30. The number of aromatic nitrogens is 2. The Morgan fingerprint density at radius 3 is 2.76 bits per heavy atom. The number of nitrogens with one attached hydrogen (secondary N) is 1. The summed E-state index contributed by atoms with van der Waals surface area (Å²) in [5, 5.41) is 11.2. The molecule has 7 nitrogen and oxygen atoms in total. The van der Waals surface area contributed by atoms with Crippen molar-refractivity contribution in [3.63, 3.8) is 0 Å². The predicted molar refractivity (Wildman–Crippen MR) is 109 cm³/mol. The summed E-state index contributed by atoms with van der Waals surface area (Å²) in [4.78, 5) is 24.3. The standard InChI is InChI=1S/C21H19N3O4S/c1-12-16-10-14(5-8-17(16)22-20(12)26)18(25)11-29-21-24-23-19(28-21)9-13-3-6-15(27-2)7-4-13/h3-8,10,12H,9,11H2,1-2H3,(H,22,26)/t12-/m1/s1. The predicted octanol–water partition coefficient (Wildman–Crippen LogP) is 3.70. The number of amides is 1. The van der Waals surface area contributed by atoms with E-state index in [2.05, 4.69) is 15.5 Å². The number of nitrogens with zero attached hydrogens (tertiary/aromatic N) is 2. The number of ketones is 1. The van der Waals surface area contributed by atoms with E-state index in [1.54, 1.807) is 25.3 Å². The third-order valence-corrected chi connectivity index (χ3v) is 5.60. The highest BCUT2D eigenvalue weighted by molar-refractivity contribution is 7.99. The highest BCUT2D eigenvalue weighted by Crippen LogP contribution is 2.33. The number of ether oxygens (including phenoxy) is 1. The monoisotopic (exact) mass is 409 g/mol. The molecule has 0 bridgehead atoms. The number of anilines is 1. The fourth-order valence-corrected chi connectivity index (χ4v) is 3.76. The highest BCUT2D eigenvalue weighted by atomic mass is 32.2. The van der Waals surface area contributed by atoms with Crippen molar-refractivity contribution in [2.45, 2.75) is 24.5 Å². The van der Waals surface area contributed by atoms with Crippen molar-refractivity contribution in [2.24, 2.45) is 0 Å². The Morgan fingerprint density at radius 1 is 1.21 bits per heavy atom. The van der Waals surface area contributed by atoms with Crippen LogP contribution in [0, 0.1) is 0 Å². The first-order valence-corrected chi connectivity index (χ1v) is 10.1. The SMILES string of the molecule is COc1ccc(Cc2nnc(SCC(=O)c3ccc4c(c3)[C@@H](C)C(=O)N4)o2)cc1. The molecule has 4 rings (SSSR count). The third kappa shape index (κ3) is 4.17. The number of hydrogen-bond donors (Lipinski definition) is 1. The Hall–Kier alpha value is -3.13. The molecular formula is C21H19N3O4S. The van der Waals surface area contributed by atoms with Gasteiger partial charge in [-0.05, 0) is 48.4 Å². The highest BCUT2D eigenvalue weighted by Gasteiger charge is 2.27. The number of benzene rings is 2. The second-order valence-electron chi connectivity index (χ2n) is 6.71. The number of hydrogen-bond acceptors (Lipinski definition) is 7. The molecule has 0 saturated heterocycles. The summed E-state index contributed by atoms with van der Waals surface area (Å²) in [6.07, 6.45) is 0.509. The third-order valence-electron chi connectivity index (χ3n) is 4.78. The molecule has 2 heterocycles. The van der Waals surface area contributed by atoms with E-state index in [0.717, 1.165) is 22.6 Å². The lowest BCUT2D eigenvalue weighted by molar-refractivity contribution is -0.116. The minimum atomic E-state index is -0.248. The number of fused-ring (bicyclic) bond motifs is 1. The molecule has 1 N–H and O–H groups in total. The van der Waals surface area contributed by atoms with Crippen LogP contribution in [0.15, 0.2) is 52.1 Å². The summed E-state index contributed by atoms with van der Waals surface area (Å²) in [5.74, 6) is 1.10. The molecule has 0 unspecified atom stereocenters. The van der Waals surface area contributed by atoms with Gasteiger partial charge in [-0.25, -0.2) is 0 Å². The van der Waals surface area contributed by atoms with Crippen molar-refractivity contribution in [1.82, 2.24) is 10.2 Å². The number of thioether (sulfide) groups is 1. The Balaban J connectivity index is 1.36. The van der Waals surface area contributed by atoms with Crippen molar-refractivity contribution >= 4 is 29.1 Å². The van der Waals surface area contributed by atoms with Gasteiger partial charge in [0, 0.05) is 11.3 Å². The maximum absolute atomic E-state index is 12.5. The first-order chi connectivity index (χ1) is 14.0. The van der Waals surface area contributed by atoms with Crippen molar-refractivity contribution in [2.75, 3.05) is 18.2 Å². The van der Waals surface area contributed by atoms with E-state index in [9.17, 15) is 9.59 Å². The molecular weight excluding hydrogens is 390 g/mol. The summed E-state index contributed by atoms with van der Waals surface area (Å²) >= 11 is 1.20. The number of carbonyl (C=O) groups excluding carboxylic acids is 2. The maximum atomic E-state index is 12.5. The first-order valence-electron chi connectivity index (χ1n) is 9.09. The molecule has 3 aromatic rings. The molecule has 0 spiro atoms. The lowest BCUT2D eigenvalue weighted by Crippen LogP contribution is -2.08. The molecule has 8 heteroatoms. The summed E-state index contributed by atoms with van der Waals surface area (Å²) in [7, 11) is 1.62. The van der Waals surface area contributed by atoms with Crippen molar-refractivity contribution in [1.29, 1.82) is 0 Å². The first kappa shape index (κ1) is 19.2. The van der Waals surface area contributed by atoms with Crippen LogP contribution >= 0.6 is 11.8 Å². The lowest BCUT2D eigenvalue weighted by Gasteiger charge is -2.04. The average molecular weight is 409 g/mol. The fraction of sp³-hybridized carbons (Fsp3) is 0.238. The van der Waals surface area contributed by atoms with Gasteiger partial charge in [-0.15, -0.1) is 10.2 Å². The van der Waals surface area contributed by atoms with Gasteiger partial charge in [0.05, 0.1) is 25.2 Å². The van der Waals surface area contributed by atoms with Crippen LogP contribution in [0.25, 0.3) is 0 Å². The molecule has 1 aromatic heterocycles. The van der Waals surface area contributed by atoms with Gasteiger partial charge in [0.15, 0.2) is 5.78 Å². The van der Waals surface area contributed by atoms with Gasteiger partial charge in [0.1, 0.15) is 5.75 Å². The lowest BCUT2D eigenvalue weighted by atomic mass is 9.99. The van der Waals surface area contributed by atoms with Crippen LogP contribution in [0.4, 0.5) is 5.69 Å². The number of carbonyl (C=O) groups is 2. The van der Waals surface area contributed by atoms with E-state index >= 15 is 0 Å². The van der Waals surface area contributed by atoms with Gasteiger partial charge in [-0.2, -0.15) is 0 Å². The Kier molecular flexibility index (Phi) is 5.35. The molecule has 0 aliphatic carbocycles. The molecule has 2 aromatic carbocycles. The molecule has 1 amide bonds. The number of Topliss-reactive ketones (excluding diaryl/α,β-unsaturated/α-hetero) is 1. The quantitative estimate of drug-likeness (QED) is 0.470. The zero-order valence-corrected chi connectivity index (χ0v) is 16.8. The second-order valence-corrected chi connectivity index (χ2v) is 7.64. The number of methoxy groups -OCH3 is 1. The van der Waals surface area contributed by atoms with E-state index in [1.807, 2.05) is 31.2 Å². The van der Waals surface area contributed by atoms with Crippen LogP contribution in [0.1, 0.15) is 40.2 Å². The van der Waals surface area contributed by atoms with Gasteiger partial charge in [0.25, 0.3) is 5.22 Å². The topological polar surface area (TPSA) is 94.3 Å². The normalized spacial score (nSPS) is 15.1. The molecule has 1 atom stereocenters. The van der Waals surface area contributed by atoms with E-state index in [1.165, 1.54) is 11.8 Å². The Morgan fingerprint density at radius 2 is 2.00 bits per heavy atom. The van der Waals surface area contributed by atoms with Crippen LogP contribution in [-0.4, -0.2) is 34.8 Å². The molecule has 148 valence electrons. The van der Waals surface area contributed by atoms with E-state index < -0.39 is 0 Å². The minimum absolute atomic E-state index is 0.0470. The van der Waals surface area contributed by atoms with E-state index in [-0.39, 0.29) is 23.4 Å². The van der Waals surface area contributed by atoms with Crippen LogP contribution in [0.5, 0.6) is 5.75 Å². The molecule has 1 aliphatic rings.